The summed E-state index contributed by atoms with van der Waals surface area (Å²) >= 11 is 0. The number of imidazole rings is 1. The van der Waals surface area contributed by atoms with Gasteiger partial charge in [-0.05, 0) is 41.0 Å². The molecule has 0 amide bonds. The van der Waals surface area contributed by atoms with Crippen molar-refractivity contribution in [3.8, 4) is 22.6 Å². The maximum atomic E-state index is 4.22. The number of para-hydroxylation sites is 5. The minimum atomic E-state index is 0. The van der Waals surface area contributed by atoms with Crippen LogP contribution in [-0.2, 0) is 20.1 Å². The number of pyridine rings is 1. The molecule has 0 aliphatic rings. The molecule has 10 rings (SSSR count). The van der Waals surface area contributed by atoms with Gasteiger partial charge in [-0.1, -0.05) is 96.5 Å². The molecule has 0 N–H and O–H groups in total. The van der Waals surface area contributed by atoms with E-state index in [1.807, 2.05) is 48.5 Å². The van der Waals surface area contributed by atoms with Crippen LogP contribution in [0.2, 0.25) is 0 Å². The molecule has 4 nitrogen and oxygen atoms in total. The van der Waals surface area contributed by atoms with Gasteiger partial charge < -0.3 is 14.0 Å². The van der Waals surface area contributed by atoms with E-state index in [9.17, 15) is 0 Å². The predicted octanol–water partition coefficient (Wildman–Crippen LogP) is 9.20. The van der Waals surface area contributed by atoms with Gasteiger partial charge in [-0.2, -0.15) is 12.1 Å². The fraction of sp³-hybridized carbons (Fsp3) is 0. The van der Waals surface area contributed by atoms with Crippen molar-refractivity contribution in [2.24, 2.45) is 0 Å². The first-order valence-electron chi connectivity index (χ1n) is 15.3. The van der Waals surface area contributed by atoms with Crippen LogP contribution < -0.4 is 4.57 Å². The van der Waals surface area contributed by atoms with Crippen molar-refractivity contribution >= 4 is 49.1 Å². The third kappa shape index (κ3) is 4.80. The third-order valence-corrected chi connectivity index (χ3v) is 8.61. The molecule has 0 fully saturated rings. The molecule has 5 heteroatoms. The van der Waals surface area contributed by atoms with Crippen molar-refractivity contribution in [1.29, 1.82) is 0 Å². The zero-order valence-electron chi connectivity index (χ0n) is 25.1. The molecule has 0 saturated carbocycles. The number of hydrogen-bond acceptors (Lipinski definition) is 1. The molecule has 0 radical (unpaired) electrons. The molecular formula is C42H26IrN4+. The Morgan fingerprint density at radius 2 is 1.30 bits per heavy atom. The van der Waals surface area contributed by atoms with Gasteiger partial charge in [0.25, 0.3) is 6.33 Å². The van der Waals surface area contributed by atoms with Crippen molar-refractivity contribution in [1.82, 2.24) is 14.0 Å². The zero-order valence-corrected chi connectivity index (χ0v) is 27.5. The molecule has 0 aliphatic heterocycles. The summed E-state index contributed by atoms with van der Waals surface area (Å²) < 4.78 is 6.65. The van der Waals surface area contributed by atoms with E-state index >= 15 is 0 Å². The van der Waals surface area contributed by atoms with Crippen molar-refractivity contribution in [2.75, 3.05) is 0 Å². The van der Waals surface area contributed by atoms with Crippen molar-refractivity contribution in [2.45, 2.75) is 0 Å². The van der Waals surface area contributed by atoms with Crippen LogP contribution in [0.25, 0.3) is 71.8 Å². The van der Waals surface area contributed by atoms with E-state index in [1.54, 1.807) is 6.20 Å². The summed E-state index contributed by atoms with van der Waals surface area (Å²) in [5, 5.41) is 5.08. The van der Waals surface area contributed by atoms with Crippen LogP contribution in [0.5, 0.6) is 0 Å². The van der Waals surface area contributed by atoms with E-state index in [0.717, 1.165) is 33.7 Å². The van der Waals surface area contributed by atoms with Gasteiger partial charge in [0.15, 0.2) is 0 Å². The summed E-state index contributed by atoms with van der Waals surface area (Å²) in [5.41, 5.74) is 9.99. The van der Waals surface area contributed by atoms with Crippen LogP contribution in [0, 0.1) is 18.5 Å². The first-order chi connectivity index (χ1) is 22.8. The van der Waals surface area contributed by atoms with E-state index in [-0.39, 0.29) is 20.1 Å². The zero-order chi connectivity index (χ0) is 30.5. The van der Waals surface area contributed by atoms with Gasteiger partial charge in [-0.15, -0.1) is 47.3 Å². The van der Waals surface area contributed by atoms with E-state index in [0.29, 0.717) is 0 Å². The summed E-state index contributed by atoms with van der Waals surface area (Å²) in [6.45, 7) is 0. The average Bonchev–Trinajstić information content (AvgIpc) is 3.80. The SMILES string of the molecule is [Ir+3].[c-]1cc2c3cccc4c5ccccc5n(c2cc1-n1[c-][n+](-c2ccccc2)c2ccccc21)c43.[c-]1ccccc1-c1ccccn1. The molecule has 4 heterocycles. The number of hydrogen-bond donors (Lipinski definition) is 0. The smallest absolute Gasteiger partial charge is 0.333 e. The minimum absolute atomic E-state index is 0. The summed E-state index contributed by atoms with van der Waals surface area (Å²) in [5.74, 6) is 0. The number of nitrogens with zero attached hydrogens (tertiary/aromatic N) is 4. The van der Waals surface area contributed by atoms with Crippen molar-refractivity contribution in [3.05, 3.63) is 176 Å². The van der Waals surface area contributed by atoms with Crippen LogP contribution in [0.1, 0.15) is 0 Å². The normalized spacial score (nSPS) is 11.2. The van der Waals surface area contributed by atoms with E-state index < -0.39 is 0 Å². The quantitative estimate of drug-likeness (QED) is 0.130. The molecule has 47 heavy (non-hydrogen) atoms. The van der Waals surface area contributed by atoms with Gasteiger partial charge >= 0.3 is 20.1 Å². The number of rotatable bonds is 3. The Bertz CT molecular complexity index is 2590. The van der Waals surface area contributed by atoms with Gasteiger partial charge in [0.2, 0.25) is 0 Å². The van der Waals surface area contributed by atoms with Gasteiger partial charge in [0.1, 0.15) is 0 Å². The maximum absolute atomic E-state index is 4.22. The summed E-state index contributed by atoms with van der Waals surface area (Å²) in [6.07, 6.45) is 5.37. The van der Waals surface area contributed by atoms with Crippen molar-refractivity contribution in [3.63, 3.8) is 0 Å². The summed E-state index contributed by atoms with van der Waals surface area (Å²) in [6, 6.07) is 58.9. The Hall–Kier alpha value is -5.61. The van der Waals surface area contributed by atoms with E-state index in [4.69, 9.17) is 0 Å². The van der Waals surface area contributed by atoms with Crippen LogP contribution >= 0.6 is 0 Å². The van der Waals surface area contributed by atoms with Crippen LogP contribution in [0.4, 0.5) is 0 Å². The minimum Gasteiger partial charge on any atom is -0.333 e. The Kier molecular flexibility index (Phi) is 7.34. The van der Waals surface area contributed by atoms with Crippen LogP contribution in [0.15, 0.2) is 158 Å². The van der Waals surface area contributed by atoms with Gasteiger partial charge in [0, 0.05) is 22.5 Å². The van der Waals surface area contributed by atoms with Gasteiger partial charge in [-0.25, -0.2) is 0 Å². The second-order valence-corrected chi connectivity index (χ2v) is 11.3. The Morgan fingerprint density at radius 3 is 2.11 bits per heavy atom. The third-order valence-electron chi connectivity index (χ3n) is 8.61. The second-order valence-electron chi connectivity index (χ2n) is 11.3. The number of aromatic nitrogens is 4. The molecule has 222 valence electrons. The molecule has 0 spiro atoms. The van der Waals surface area contributed by atoms with Crippen LogP contribution in [-0.4, -0.2) is 14.0 Å². The molecule has 6 aromatic carbocycles. The topological polar surface area (TPSA) is 26.1 Å². The standard InChI is InChI=1S/C31H18N3.C11H8N.Ir/c1-2-9-21(10-3-1)32-20-33(29-16-7-6-15-28(29)32)22-17-18-24-26-13-8-12-25-23-11-4-5-14-27(23)34(31(25)26)30(24)19-22;1-2-6-10(7-3-1)11-8-4-5-9-12-11;/h1-16,18-19H;1-6,8-9H;/q2*-1;+3. The number of fused-ring (bicyclic) bond motifs is 7. The second kappa shape index (κ2) is 12.0. The Balaban J connectivity index is 0.000000212. The van der Waals surface area contributed by atoms with Gasteiger partial charge in [0.05, 0.1) is 22.2 Å². The molecule has 0 aliphatic carbocycles. The molecule has 0 bridgehead atoms. The molecule has 0 atom stereocenters. The predicted molar refractivity (Wildman–Crippen MR) is 186 cm³/mol. The molecule has 4 aromatic heterocycles. The van der Waals surface area contributed by atoms with E-state index in [2.05, 4.69) is 140 Å². The summed E-state index contributed by atoms with van der Waals surface area (Å²) in [4.78, 5) is 4.22. The monoisotopic (exact) mass is 779 g/mol. The van der Waals surface area contributed by atoms with Crippen molar-refractivity contribution < 1.29 is 24.7 Å². The Morgan fingerprint density at radius 1 is 0.574 bits per heavy atom. The first kappa shape index (κ1) is 28.8. The summed E-state index contributed by atoms with van der Waals surface area (Å²) in [7, 11) is 0. The average molecular weight is 779 g/mol. The maximum Gasteiger partial charge on any atom is 3.00 e. The largest absolute Gasteiger partial charge is 3.00 e. The molecule has 0 unspecified atom stereocenters. The van der Waals surface area contributed by atoms with E-state index in [1.165, 1.54) is 38.1 Å². The van der Waals surface area contributed by atoms with Gasteiger partial charge in [-0.3, -0.25) is 4.57 Å². The molecule has 0 saturated heterocycles. The fourth-order valence-electron chi connectivity index (χ4n) is 6.57. The van der Waals surface area contributed by atoms with Crippen LogP contribution in [0.3, 0.4) is 0 Å². The molecular weight excluding hydrogens is 753 g/mol. The Labute approximate surface area is 285 Å². The fourth-order valence-corrected chi connectivity index (χ4v) is 6.57. The molecule has 10 aromatic rings. The number of benzene rings is 6. The first-order valence-corrected chi connectivity index (χ1v) is 15.3.